The Kier molecular flexibility index (Phi) is 5.00. The Morgan fingerprint density at radius 3 is 2.85 bits per heavy atom. The van der Waals surface area contributed by atoms with Gasteiger partial charge in [0.15, 0.2) is 5.01 Å². The number of methoxy groups -OCH3 is 1. The van der Waals surface area contributed by atoms with Gasteiger partial charge < -0.3 is 10.5 Å². The SMILES string of the molecule is COC1CCN(Cc2cnc(C(F)(F)F)s2)C(CN)C1. The van der Waals surface area contributed by atoms with Gasteiger partial charge >= 0.3 is 6.18 Å². The molecule has 0 spiro atoms. The summed E-state index contributed by atoms with van der Waals surface area (Å²) in [4.78, 5) is 6.18. The van der Waals surface area contributed by atoms with Crippen molar-refractivity contribution in [2.75, 3.05) is 20.2 Å². The molecule has 20 heavy (non-hydrogen) atoms. The number of halogens is 3. The zero-order chi connectivity index (χ0) is 14.8. The number of alkyl halides is 3. The zero-order valence-corrected chi connectivity index (χ0v) is 12.0. The molecule has 0 radical (unpaired) electrons. The average molecular weight is 309 g/mol. The summed E-state index contributed by atoms with van der Waals surface area (Å²) < 4.78 is 42.9. The maximum Gasteiger partial charge on any atom is 0.443 e. The number of rotatable bonds is 4. The van der Waals surface area contributed by atoms with E-state index in [2.05, 4.69) is 9.88 Å². The highest BCUT2D eigenvalue weighted by molar-refractivity contribution is 7.11. The summed E-state index contributed by atoms with van der Waals surface area (Å²) >= 11 is 0.703. The molecule has 2 unspecified atom stereocenters. The minimum Gasteiger partial charge on any atom is -0.381 e. The van der Waals surface area contributed by atoms with Gasteiger partial charge in [-0.25, -0.2) is 4.98 Å². The van der Waals surface area contributed by atoms with Crippen LogP contribution in [0.25, 0.3) is 0 Å². The number of thiazole rings is 1. The first kappa shape index (κ1) is 15.7. The highest BCUT2D eigenvalue weighted by atomic mass is 32.1. The zero-order valence-electron chi connectivity index (χ0n) is 11.2. The predicted molar refractivity (Wildman–Crippen MR) is 70.4 cm³/mol. The summed E-state index contributed by atoms with van der Waals surface area (Å²) in [7, 11) is 1.67. The fraction of sp³-hybridized carbons (Fsp3) is 0.750. The van der Waals surface area contributed by atoms with Gasteiger partial charge in [0.1, 0.15) is 0 Å². The van der Waals surface area contributed by atoms with Crippen LogP contribution in [0.15, 0.2) is 6.20 Å². The Hall–Kier alpha value is -0.700. The van der Waals surface area contributed by atoms with Gasteiger partial charge in [-0.1, -0.05) is 0 Å². The molecule has 2 atom stereocenters. The lowest BCUT2D eigenvalue weighted by molar-refractivity contribution is -0.137. The van der Waals surface area contributed by atoms with E-state index in [0.29, 0.717) is 29.3 Å². The summed E-state index contributed by atoms with van der Waals surface area (Å²) in [6.45, 7) is 1.72. The van der Waals surface area contributed by atoms with Crippen molar-refractivity contribution in [3.63, 3.8) is 0 Å². The lowest BCUT2D eigenvalue weighted by Gasteiger charge is -2.38. The van der Waals surface area contributed by atoms with Crippen LogP contribution in [0, 0.1) is 0 Å². The van der Waals surface area contributed by atoms with Crippen molar-refractivity contribution in [3.05, 3.63) is 16.1 Å². The third-order valence-electron chi connectivity index (χ3n) is 3.55. The predicted octanol–water partition coefficient (Wildman–Crippen LogP) is 2.10. The van der Waals surface area contributed by atoms with Crippen molar-refractivity contribution in [3.8, 4) is 0 Å². The molecule has 1 aliphatic heterocycles. The van der Waals surface area contributed by atoms with Crippen LogP contribution < -0.4 is 5.73 Å². The van der Waals surface area contributed by atoms with Crippen molar-refractivity contribution in [1.82, 2.24) is 9.88 Å². The molecule has 0 aromatic carbocycles. The number of likely N-dealkylation sites (tertiary alicyclic amines) is 1. The molecule has 2 N–H and O–H groups in total. The number of ether oxygens (including phenoxy) is 1. The van der Waals surface area contributed by atoms with E-state index >= 15 is 0 Å². The lowest BCUT2D eigenvalue weighted by atomic mass is 9.99. The summed E-state index contributed by atoms with van der Waals surface area (Å²) in [5, 5.41) is -0.788. The van der Waals surface area contributed by atoms with Crippen molar-refractivity contribution < 1.29 is 17.9 Å². The first-order chi connectivity index (χ1) is 9.44. The first-order valence-electron chi connectivity index (χ1n) is 6.43. The molecular formula is C12H18F3N3OS. The second kappa shape index (κ2) is 6.38. The Labute approximate surface area is 119 Å². The highest BCUT2D eigenvalue weighted by Crippen LogP contribution is 2.33. The Morgan fingerprint density at radius 1 is 1.55 bits per heavy atom. The van der Waals surface area contributed by atoms with E-state index in [1.807, 2.05) is 0 Å². The minimum absolute atomic E-state index is 0.144. The normalized spacial score (nSPS) is 25.1. The molecular weight excluding hydrogens is 291 g/mol. The van der Waals surface area contributed by atoms with Crippen LogP contribution in [0.1, 0.15) is 22.7 Å². The molecule has 1 fully saturated rings. The van der Waals surface area contributed by atoms with E-state index in [9.17, 15) is 13.2 Å². The van der Waals surface area contributed by atoms with Crippen molar-refractivity contribution in [2.45, 2.75) is 37.7 Å². The van der Waals surface area contributed by atoms with Crippen LogP contribution in [0.5, 0.6) is 0 Å². The quantitative estimate of drug-likeness (QED) is 0.925. The molecule has 1 aliphatic rings. The van der Waals surface area contributed by atoms with Crippen LogP contribution in [0.2, 0.25) is 0 Å². The summed E-state index contributed by atoms with van der Waals surface area (Å²) in [6.07, 6.45) is -1.18. The third kappa shape index (κ3) is 3.69. The first-order valence-corrected chi connectivity index (χ1v) is 7.24. The molecule has 0 bridgehead atoms. The van der Waals surface area contributed by atoms with E-state index in [0.717, 1.165) is 19.4 Å². The number of aromatic nitrogens is 1. The van der Waals surface area contributed by atoms with Crippen LogP contribution in [0.3, 0.4) is 0 Å². The third-order valence-corrected chi connectivity index (χ3v) is 4.58. The molecule has 4 nitrogen and oxygen atoms in total. The second-order valence-electron chi connectivity index (χ2n) is 4.87. The molecule has 0 amide bonds. The van der Waals surface area contributed by atoms with Crippen LogP contribution in [0.4, 0.5) is 13.2 Å². The van der Waals surface area contributed by atoms with Gasteiger partial charge in [-0.05, 0) is 12.8 Å². The highest BCUT2D eigenvalue weighted by Gasteiger charge is 2.35. The van der Waals surface area contributed by atoms with Crippen molar-refractivity contribution in [1.29, 1.82) is 0 Å². The minimum atomic E-state index is -4.36. The number of nitrogens with two attached hydrogens (primary N) is 1. The maximum atomic E-state index is 12.5. The van der Waals surface area contributed by atoms with Gasteiger partial charge in [0, 0.05) is 43.9 Å². The van der Waals surface area contributed by atoms with E-state index in [1.54, 1.807) is 7.11 Å². The van der Waals surface area contributed by atoms with Gasteiger partial charge in [0.2, 0.25) is 0 Å². The topological polar surface area (TPSA) is 51.4 Å². The van der Waals surface area contributed by atoms with Crippen LogP contribution in [-0.2, 0) is 17.5 Å². The van der Waals surface area contributed by atoms with Crippen LogP contribution >= 0.6 is 11.3 Å². The standard InChI is InChI=1S/C12H18F3N3OS/c1-19-9-2-3-18(8(4-9)5-16)7-10-6-17-11(20-10)12(13,14)15/h6,8-9H,2-5,7,16H2,1H3. The molecule has 1 aromatic rings. The van der Waals surface area contributed by atoms with E-state index in [1.165, 1.54) is 6.20 Å². The Balaban J connectivity index is 2.00. The summed E-state index contributed by atoms with van der Waals surface area (Å²) in [5.41, 5.74) is 5.75. The van der Waals surface area contributed by atoms with Gasteiger partial charge in [0.05, 0.1) is 6.10 Å². The molecule has 8 heteroatoms. The van der Waals surface area contributed by atoms with Crippen LogP contribution in [-0.4, -0.2) is 42.2 Å². The number of hydrogen-bond acceptors (Lipinski definition) is 5. The van der Waals surface area contributed by atoms with Gasteiger partial charge in [-0.15, -0.1) is 11.3 Å². The second-order valence-corrected chi connectivity index (χ2v) is 5.99. The molecule has 2 heterocycles. The Bertz CT molecular complexity index is 438. The Morgan fingerprint density at radius 2 is 2.30 bits per heavy atom. The van der Waals surface area contributed by atoms with Crippen molar-refractivity contribution in [2.24, 2.45) is 5.73 Å². The summed E-state index contributed by atoms with van der Waals surface area (Å²) in [5.74, 6) is 0. The number of nitrogens with zero attached hydrogens (tertiary/aromatic N) is 2. The lowest BCUT2D eigenvalue weighted by Crippen LogP contribution is -2.47. The smallest absolute Gasteiger partial charge is 0.381 e. The largest absolute Gasteiger partial charge is 0.443 e. The van der Waals surface area contributed by atoms with E-state index in [4.69, 9.17) is 10.5 Å². The molecule has 0 saturated carbocycles. The van der Waals surface area contributed by atoms with Gasteiger partial charge in [-0.2, -0.15) is 13.2 Å². The van der Waals surface area contributed by atoms with Crippen molar-refractivity contribution >= 4 is 11.3 Å². The monoisotopic (exact) mass is 309 g/mol. The molecule has 114 valence electrons. The molecule has 2 rings (SSSR count). The fourth-order valence-electron chi connectivity index (χ4n) is 2.44. The molecule has 1 aromatic heterocycles. The molecule has 1 saturated heterocycles. The van der Waals surface area contributed by atoms with Gasteiger partial charge in [0.25, 0.3) is 0 Å². The fourth-order valence-corrected chi connectivity index (χ4v) is 3.25. The van der Waals surface area contributed by atoms with E-state index in [-0.39, 0.29) is 12.1 Å². The summed E-state index contributed by atoms with van der Waals surface area (Å²) in [6, 6.07) is 0.144. The molecule has 0 aliphatic carbocycles. The van der Waals surface area contributed by atoms with Gasteiger partial charge in [-0.3, -0.25) is 4.90 Å². The number of hydrogen-bond donors (Lipinski definition) is 1. The maximum absolute atomic E-state index is 12.5. The number of piperidine rings is 1. The van der Waals surface area contributed by atoms with E-state index < -0.39 is 11.2 Å². The average Bonchev–Trinajstić information content (AvgIpc) is 2.87.